The first-order chi connectivity index (χ1) is 10.5. The highest BCUT2D eigenvalue weighted by Crippen LogP contribution is 2.29. The summed E-state index contributed by atoms with van der Waals surface area (Å²) in [6, 6.07) is 5.43. The van der Waals surface area contributed by atoms with Crippen molar-refractivity contribution in [3.8, 4) is 0 Å². The van der Waals surface area contributed by atoms with Crippen LogP contribution < -0.4 is 5.32 Å². The number of ether oxygens (including phenoxy) is 1. The van der Waals surface area contributed by atoms with Crippen LogP contribution >= 0.6 is 23.2 Å². The fraction of sp³-hybridized carbons (Fsp3) is 0.562. The summed E-state index contributed by atoms with van der Waals surface area (Å²) in [5, 5.41) is 4.22. The third-order valence-electron chi connectivity index (χ3n) is 3.84. The molecule has 1 amide bonds. The van der Waals surface area contributed by atoms with Crippen LogP contribution in [-0.4, -0.2) is 43.2 Å². The highest BCUT2D eigenvalue weighted by molar-refractivity contribution is 6.42. The second kappa shape index (κ2) is 8.16. The molecule has 1 saturated heterocycles. The molecule has 0 saturated carbocycles. The zero-order valence-corrected chi connectivity index (χ0v) is 14.5. The fourth-order valence-electron chi connectivity index (χ4n) is 2.60. The third kappa shape index (κ3) is 4.13. The van der Waals surface area contributed by atoms with E-state index >= 15 is 0 Å². The number of hydrogen-bond donors (Lipinski definition) is 1. The van der Waals surface area contributed by atoms with E-state index in [9.17, 15) is 4.79 Å². The second-order valence-electron chi connectivity index (χ2n) is 5.44. The van der Waals surface area contributed by atoms with E-state index < -0.39 is 6.10 Å². The van der Waals surface area contributed by atoms with E-state index in [4.69, 9.17) is 27.9 Å². The number of amides is 1. The van der Waals surface area contributed by atoms with Crippen LogP contribution in [0.25, 0.3) is 0 Å². The van der Waals surface area contributed by atoms with Crippen LogP contribution in [0.5, 0.6) is 0 Å². The number of benzene rings is 1. The number of hydrogen-bond acceptors (Lipinski definition) is 3. The highest BCUT2D eigenvalue weighted by atomic mass is 35.5. The van der Waals surface area contributed by atoms with Crippen molar-refractivity contribution < 1.29 is 9.53 Å². The van der Waals surface area contributed by atoms with Crippen molar-refractivity contribution >= 4 is 29.1 Å². The summed E-state index contributed by atoms with van der Waals surface area (Å²) in [5.74, 6) is 0.0209. The molecule has 2 atom stereocenters. The van der Waals surface area contributed by atoms with Crippen LogP contribution in [0.4, 0.5) is 0 Å². The Hall–Kier alpha value is -0.810. The van der Waals surface area contributed by atoms with E-state index in [1.807, 2.05) is 24.0 Å². The summed E-state index contributed by atoms with van der Waals surface area (Å²) < 4.78 is 5.60. The lowest BCUT2D eigenvalue weighted by atomic mass is 10.1. The van der Waals surface area contributed by atoms with E-state index in [-0.39, 0.29) is 11.9 Å². The smallest absolute Gasteiger partial charge is 0.253 e. The number of rotatable bonds is 5. The minimum absolute atomic E-state index is 0.0209. The van der Waals surface area contributed by atoms with Gasteiger partial charge < -0.3 is 15.0 Å². The minimum atomic E-state index is -0.412. The van der Waals surface area contributed by atoms with Gasteiger partial charge in [-0.1, -0.05) is 36.2 Å². The Bertz CT molecular complexity index is 519. The van der Waals surface area contributed by atoms with Crippen LogP contribution in [0.15, 0.2) is 18.2 Å². The van der Waals surface area contributed by atoms with Gasteiger partial charge in [-0.15, -0.1) is 0 Å². The Morgan fingerprint density at radius 3 is 2.82 bits per heavy atom. The Morgan fingerprint density at radius 1 is 1.45 bits per heavy atom. The normalized spacial score (nSPS) is 19.7. The molecule has 0 aliphatic carbocycles. The van der Waals surface area contributed by atoms with E-state index in [0.29, 0.717) is 29.7 Å². The van der Waals surface area contributed by atoms with Crippen molar-refractivity contribution in [3.63, 3.8) is 0 Å². The first-order valence-corrected chi connectivity index (χ1v) is 8.38. The molecule has 1 heterocycles. The van der Waals surface area contributed by atoms with E-state index in [0.717, 1.165) is 18.5 Å². The van der Waals surface area contributed by atoms with Crippen LogP contribution in [0, 0.1) is 0 Å². The maximum absolute atomic E-state index is 12.8. The molecule has 0 aromatic heterocycles. The lowest BCUT2D eigenvalue weighted by Gasteiger charge is -2.34. The number of carbonyl (C=O) groups is 1. The van der Waals surface area contributed by atoms with Gasteiger partial charge in [-0.05, 0) is 31.0 Å². The molecule has 1 aromatic rings. The third-order valence-corrected chi connectivity index (χ3v) is 4.58. The van der Waals surface area contributed by atoms with Gasteiger partial charge in [-0.3, -0.25) is 4.79 Å². The summed E-state index contributed by atoms with van der Waals surface area (Å²) in [4.78, 5) is 14.6. The predicted octanol–water partition coefficient (Wildman–Crippen LogP) is 3.28. The minimum Gasteiger partial charge on any atom is -0.366 e. The van der Waals surface area contributed by atoms with Crippen molar-refractivity contribution in [2.45, 2.75) is 32.4 Å². The van der Waals surface area contributed by atoms with Crippen LogP contribution in [0.1, 0.15) is 31.9 Å². The molecule has 0 radical (unpaired) electrons. The molecule has 2 rings (SSSR count). The van der Waals surface area contributed by atoms with Crippen molar-refractivity contribution in [3.05, 3.63) is 33.8 Å². The number of carbonyl (C=O) groups excluding carboxylic acids is 1. The van der Waals surface area contributed by atoms with E-state index in [2.05, 4.69) is 12.2 Å². The van der Waals surface area contributed by atoms with Gasteiger partial charge in [0.05, 0.1) is 22.7 Å². The maximum atomic E-state index is 12.8. The largest absolute Gasteiger partial charge is 0.366 e. The first kappa shape index (κ1) is 17.5. The zero-order chi connectivity index (χ0) is 16.1. The molecule has 0 spiro atoms. The Kier molecular flexibility index (Phi) is 6.50. The second-order valence-corrected chi connectivity index (χ2v) is 6.26. The number of nitrogens with one attached hydrogen (secondary N) is 1. The predicted molar refractivity (Wildman–Crippen MR) is 89.5 cm³/mol. The lowest BCUT2D eigenvalue weighted by Crippen LogP contribution is -2.50. The molecule has 4 nitrogen and oxygen atoms in total. The summed E-state index contributed by atoms with van der Waals surface area (Å²) in [7, 11) is 0. The van der Waals surface area contributed by atoms with Crippen molar-refractivity contribution in [1.82, 2.24) is 10.2 Å². The van der Waals surface area contributed by atoms with Gasteiger partial charge >= 0.3 is 0 Å². The molecule has 1 aliphatic heterocycles. The average Bonchev–Trinajstić information content (AvgIpc) is 2.55. The zero-order valence-electron chi connectivity index (χ0n) is 12.9. The number of halogens is 2. The van der Waals surface area contributed by atoms with Gasteiger partial charge in [-0.2, -0.15) is 0 Å². The van der Waals surface area contributed by atoms with Gasteiger partial charge in [0.25, 0.3) is 5.91 Å². The van der Waals surface area contributed by atoms with Crippen molar-refractivity contribution in [2.24, 2.45) is 0 Å². The fourth-order valence-corrected chi connectivity index (χ4v) is 2.90. The SMILES string of the molecule is CCCN(C(=O)[C@H]1CNCCO1)C(C)c1ccc(Cl)c(Cl)c1. The Balaban J connectivity index is 2.17. The molecule has 6 heteroatoms. The molecular weight excluding hydrogens is 323 g/mol. The summed E-state index contributed by atoms with van der Waals surface area (Å²) in [6.07, 6.45) is 0.475. The summed E-state index contributed by atoms with van der Waals surface area (Å²) >= 11 is 12.1. The average molecular weight is 345 g/mol. The van der Waals surface area contributed by atoms with Gasteiger partial charge in [0.1, 0.15) is 6.10 Å². The van der Waals surface area contributed by atoms with Crippen LogP contribution in [-0.2, 0) is 9.53 Å². The van der Waals surface area contributed by atoms with Crippen LogP contribution in [0.2, 0.25) is 10.0 Å². The molecule has 22 heavy (non-hydrogen) atoms. The van der Waals surface area contributed by atoms with Crippen LogP contribution in [0.3, 0.4) is 0 Å². The van der Waals surface area contributed by atoms with Crippen molar-refractivity contribution in [2.75, 3.05) is 26.2 Å². The van der Waals surface area contributed by atoms with Gasteiger partial charge in [0.2, 0.25) is 0 Å². The summed E-state index contributed by atoms with van der Waals surface area (Å²) in [6.45, 7) is 6.66. The number of nitrogens with zero attached hydrogens (tertiary/aromatic N) is 1. The molecule has 1 N–H and O–H groups in total. The summed E-state index contributed by atoms with van der Waals surface area (Å²) in [5.41, 5.74) is 0.972. The quantitative estimate of drug-likeness (QED) is 0.891. The highest BCUT2D eigenvalue weighted by Gasteiger charge is 2.30. The first-order valence-electron chi connectivity index (χ1n) is 7.62. The molecule has 1 unspecified atom stereocenters. The van der Waals surface area contributed by atoms with Crippen molar-refractivity contribution in [1.29, 1.82) is 0 Å². The molecule has 1 fully saturated rings. The van der Waals surface area contributed by atoms with E-state index in [1.54, 1.807) is 6.07 Å². The van der Waals surface area contributed by atoms with Gasteiger partial charge in [-0.25, -0.2) is 0 Å². The maximum Gasteiger partial charge on any atom is 0.253 e. The topological polar surface area (TPSA) is 41.6 Å². The molecule has 122 valence electrons. The Labute approximate surface area is 141 Å². The lowest BCUT2D eigenvalue weighted by molar-refractivity contribution is -0.147. The molecular formula is C16H22Cl2N2O2. The standard InChI is InChI=1S/C16H22Cl2N2O2/c1-3-7-20(16(21)15-10-19-6-8-22-15)11(2)12-4-5-13(17)14(18)9-12/h4-5,9,11,15,19H,3,6-8,10H2,1-2H3/t11?,15-/m1/s1. The van der Waals surface area contributed by atoms with E-state index in [1.165, 1.54) is 0 Å². The molecule has 1 aliphatic rings. The Morgan fingerprint density at radius 2 is 2.23 bits per heavy atom. The molecule has 0 bridgehead atoms. The van der Waals surface area contributed by atoms with Gasteiger partial charge in [0, 0.05) is 19.6 Å². The van der Waals surface area contributed by atoms with Gasteiger partial charge in [0.15, 0.2) is 0 Å². The monoisotopic (exact) mass is 344 g/mol. The molecule has 1 aromatic carbocycles. The number of morpholine rings is 1.